The molecule has 1 aliphatic heterocycles. The van der Waals surface area contributed by atoms with Crippen molar-refractivity contribution >= 4 is 56.2 Å². The van der Waals surface area contributed by atoms with Crippen LogP contribution in [0.25, 0.3) is 6.08 Å². The van der Waals surface area contributed by atoms with Gasteiger partial charge < -0.3 is 9.47 Å². The number of hydrogen-bond donors (Lipinski definition) is 0. The third-order valence-corrected chi connectivity index (χ3v) is 5.67. The molecule has 1 amide bonds. The first-order valence-electron chi connectivity index (χ1n) is 8.44. The van der Waals surface area contributed by atoms with Crippen molar-refractivity contribution in [1.82, 2.24) is 4.90 Å². The summed E-state index contributed by atoms with van der Waals surface area (Å²) in [4.78, 5) is 14.6. The molecule has 0 N–H and O–H groups in total. The van der Waals surface area contributed by atoms with E-state index in [1.54, 1.807) is 4.90 Å². The van der Waals surface area contributed by atoms with Crippen molar-refractivity contribution in [1.29, 1.82) is 0 Å². The molecule has 1 saturated heterocycles. The number of carbonyl (C=O) groups is 1. The number of ether oxygens (including phenoxy) is 2. The number of benzene rings is 2. The molecule has 27 heavy (non-hydrogen) atoms. The van der Waals surface area contributed by atoms with Crippen molar-refractivity contribution in [2.75, 3.05) is 19.8 Å². The topological polar surface area (TPSA) is 38.8 Å². The van der Waals surface area contributed by atoms with Crippen LogP contribution in [0.15, 0.2) is 57.9 Å². The lowest BCUT2D eigenvalue weighted by Gasteiger charge is -2.12. The molecular weight excluding hydrogens is 446 g/mol. The van der Waals surface area contributed by atoms with Crippen LogP contribution in [0.1, 0.15) is 12.5 Å². The van der Waals surface area contributed by atoms with Gasteiger partial charge in [-0.25, -0.2) is 0 Å². The Hall–Kier alpha value is -1.83. The SMILES string of the molecule is CCN1C(=O)/C(=C/c2cc(Br)ccc2OCCOc2ccccc2)SC1=S. The monoisotopic (exact) mass is 463 g/mol. The molecule has 0 aromatic heterocycles. The Labute approximate surface area is 176 Å². The second-order valence-electron chi connectivity index (χ2n) is 5.62. The predicted octanol–water partition coefficient (Wildman–Crippen LogP) is 5.13. The second kappa shape index (κ2) is 9.39. The smallest absolute Gasteiger partial charge is 0.266 e. The van der Waals surface area contributed by atoms with Crippen molar-refractivity contribution in [3.8, 4) is 11.5 Å². The summed E-state index contributed by atoms with van der Waals surface area (Å²) < 4.78 is 13.0. The summed E-state index contributed by atoms with van der Waals surface area (Å²) in [6, 6.07) is 15.3. The van der Waals surface area contributed by atoms with Crippen molar-refractivity contribution in [3.05, 3.63) is 63.5 Å². The highest BCUT2D eigenvalue weighted by Crippen LogP contribution is 2.34. The van der Waals surface area contributed by atoms with Crippen molar-refractivity contribution in [3.63, 3.8) is 0 Å². The Bertz CT molecular complexity index is 871. The van der Waals surface area contributed by atoms with Crippen LogP contribution < -0.4 is 9.47 Å². The molecule has 0 spiro atoms. The molecule has 2 aromatic rings. The van der Waals surface area contributed by atoms with Gasteiger partial charge >= 0.3 is 0 Å². The maximum Gasteiger partial charge on any atom is 0.266 e. The number of amides is 1. The minimum atomic E-state index is -0.0640. The van der Waals surface area contributed by atoms with Gasteiger partial charge in [-0.3, -0.25) is 9.69 Å². The summed E-state index contributed by atoms with van der Waals surface area (Å²) in [5.41, 5.74) is 0.820. The van der Waals surface area contributed by atoms with E-state index in [9.17, 15) is 4.79 Å². The number of thioether (sulfide) groups is 1. The van der Waals surface area contributed by atoms with Crippen LogP contribution in [0.3, 0.4) is 0 Å². The van der Waals surface area contributed by atoms with Crippen LogP contribution in [-0.2, 0) is 4.79 Å². The van der Waals surface area contributed by atoms with E-state index in [4.69, 9.17) is 21.7 Å². The molecule has 0 radical (unpaired) electrons. The number of halogens is 1. The third kappa shape index (κ3) is 5.12. The lowest BCUT2D eigenvalue weighted by molar-refractivity contribution is -0.121. The predicted molar refractivity (Wildman–Crippen MR) is 117 cm³/mol. The van der Waals surface area contributed by atoms with Crippen LogP contribution >= 0.6 is 39.9 Å². The van der Waals surface area contributed by atoms with E-state index in [0.717, 1.165) is 15.8 Å². The zero-order valence-electron chi connectivity index (χ0n) is 14.7. The maximum atomic E-state index is 12.4. The second-order valence-corrected chi connectivity index (χ2v) is 8.21. The fourth-order valence-electron chi connectivity index (χ4n) is 2.51. The molecule has 0 atom stereocenters. The number of para-hydroxylation sites is 1. The molecule has 0 aliphatic carbocycles. The molecule has 3 rings (SSSR count). The summed E-state index contributed by atoms with van der Waals surface area (Å²) in [5.74, 6) is 1.43. The van der Waals surface area contributed by atoms with E-state index in [1.165, 1.54) is 11.8 Å². The van der Waals surface area contributed by atoms with Crippen LogP contribution in [0.4, 0.5) is 0 Å². The quantitative estimate of drug-likeness (QED) is 0.323. The third-order valence-electron chi connectivity index (χ3n) is 3.80. The molecule has 0 saturated carbocycles. The Kier molecular flexibility index (Phi) is 6.93. The zero-order valence-corrected chi connectivity index (χ0v) is 17.9. The highest BCUT2D eigenvalue weighted by molar-refractivity contribution is 9.10. The molecule has 1 heterocycles. The number of hydrogen-bond acceptors (Lipinski definition) is 5. The Morgan fingerprint density at radius 1 is 1.15 bits per heavy atom. The first-order valence-corrected chi connectivity index (χ1v) is 10.5. The van der Waals surface area contributed by atoms with Crippen LogP contribution in [0.5, 0.6) is 11.5 Å². The molecule has 1 fully saturated rings. The van der Waals surface area contributed by atoms with Gasteiger partial charge in [0.2, 0.25) is 0 Å². The van der Waals surface area contributed by atoms with E-state index < -0.39 is 0 Å². The molecule has 0 unspecified atom stereocenters. The lowest BCUT2D eigenvalue weighted by atomic mass is 10.2. The fourth-order valence-corrected chi connectivity index (χ4v) is 4.26. The van der Waals surface area contributed by atoms with Crippen molar-refractivity contribution < 1.29 is 14.3 Å². The fraction of sp³-hybridized carbons (Fsp3) is 0.200. The first-order chi connectivity index (χ1) is 13.1. The van der Waals surface area contributed by atoms with E-state index in [2.05, 4.69) is 15.9 Å². The summed E-state index contributed by atoms with van der Waals surface area (Å²) in [7, 11) is 0. The van der Waals surface area contributed by atoms with Crippen molar-refractivity contribution in [2.45, 2.75) is 6.92 Å². The van der Waals surface area contributed by atoms with Gasteiger partial charge in [-0.1, -0.05) is 58.1 Å². The van der Waals surface area contributed by atoms with E-state index in [1.807, 2.05) is 61.5 Å². The number of nitrogens with zero attached hydrogens (tertiary/aromatic N) is 1. The summed E-state index contributed by atoms with van der Waals surface area (Å²) in [6.07, 6.45) is 1.83. The molecule has 0 bridgehead atoms. The van der Waals surface area contributed by atoms with Gasteiger partial charge in [-0.15, -0.1) is 0 Å². The molecule has 140 valence electrons. The van der Waals surface area contributed by atoms with Gasteiger partial charge in [0.05, 0.1) is 4.91 Å². The number of likely N-dealkylation sites (N-methyl/N-ethyl adjacent to an activating group) is 1. The normalized spacial score (nSPS) is 15.5. The first kappa shape index (κ1) is 19.9. The maximum absolute atomic E-state index is 12.4. The summed E-state index contributed by atoms with van der Waals surface area (Å²) in [6.45, 7) is 3.31. The Morgan fingerprint density at radius 2 is 1.89 bits per heavy atom. The van der Waals surface area contributed by atoms with Gasteiger partial charge in [0, 0.05) is 16.6 Å². The van der Waals surface area contributed by atoms with E-state index in [0.29, 0.717) is 34.7 Å². The summed E-state index contributed by atoms with van der Waals surface area (Å²) in [5, 5.41) is 0. The van der Waals surface area contributed by atoms with Gasteiger partial charge in [0.25, 0.3) is 5.91 Å². The largest absolute Gasteiger partial charge is 0.490 e. The Morgan fingerprint density at radius 3 is 2.59 bits per heavy atom. The van der Waals surface area contributed by atoms with Gasteiger partial charge in [-0.2, -0.15) is 0 Å². The number of thiocarbonyl (C=S) groups is 1. The molecule has 7 heteroatoms. The van der Waals surface area contributed by atoms with E-state index >= 15 is 0 Å². The van der Waals surface area contributed by atoms with Crippen molar-refractivity contribution in [2.24, 2.45) is 0 Å². The summed E-state index contributed by atoms with van der Waals surface area (Å²) >= 11 is 10.1. The minimum Gasteiger partial charge on any atom is -0.490 e. The standard InChI is InChI=1S/C20H18BrNO3S2/c1-2-22-19(23)18(27-20(22)26)13-14-12-15(21)8-9-17(14)25-11-10-24-16-6-4-3-5-7-16/h3-9,12-13H,2,10-11H2,1H3/b18-13-. The minimum absolute atomic E-state index is 0.0640. The molecule has 4 nitrogen and oxygen atoms in total. The van der Waals surface area contributed by atoms with Crippen LogP contribution in [0, 0.1) is 0 Å². The van der Waals surface area contributed by atoms with Crippen LogP contribution in [0.2, 0.25) is 0 Å². The lowest BCUT2D eigenvalue weighted by Crippen LogP contribution is -2.27. The molecule has 1 aliphatic rings. The van der Waals surface area contributed by atoms with E-state index in [-0.39, 0.29) is 5.91 Å². The molecular formula is C20H18BrNO3S2. The molecule has 2 aromatic carbocycles. The number of rotatable bonds is 7. The highest BCUT2D eigenvalue weighted by Gasteiger charge is 2.30. The average Bonchev–Trinajstić information content (AvgIpc) is 2.94. The zero-order chi connectivity index (χ0) is 19.2. The van der Waals surface area contributed by atoms with Crippen LogP contribution in [-0.4, -0.2) is 34.9 Å². The van der Waals surface area contributed by atoms with Gasteiger partial charge in [0.1, 0.15) is 29.0 Å². The Balaban J connectivity index is 1.69. The average molecular weight is 464 g/mol. The van der Waals surface area contributed by atoms with Gasteiger partial charge in [0.15, 0.2) is 0 Å². The van der Waals surface area contributed by atoms with Gasteiger partial charge in [-0.05, 0) is 43.3 Å². The highest BCUT2D eigenvalue weighted by atomic mass is 79.9. The number of carbonyl (C=O) groups excluding carboxylic acids is 1.